The summed E-state index contributed by atoms with van der Waals surface area (Å²) in [7, 11) is 1.87. The molecule has 0 aromatic heterocycles. The molecule has 27 heavy (non-hydrogen) atoms. The summed E-state index contributed by atoms with van der Waals surface area (Å²) in [5.41, 5.74) is 1.14. The van der Waals surface area contributed by atoms with Crippen molar-refractivity contribution in [2.75, 3.05) is 33.2 Å². The second kappa shape index (κ2) is 10.4. The second-order valence-electron chi connectivity index (χ2n) is 7.77. The molecule has 0 aliphatic carbocycles. The van der Waals surface area contributed by atoms with E-state index in [0.717, 1.165) is 37.9 Å². The van der Waals surface area contributed by atoms with Gasteiger partial charge in [-0.25, -0.2) is 0 Å². The van der Waals surface area contributed by atoms with Gasteiger partial charge in [-0.15, -0.1) is 0 Å². The van der Waals surface area contributed by atoms with Crippen LogP contribution in [0.4, 0.5) is 0 Å². The van der Waals surface area contributed by atoms with E-state index < -0.39 is 5.97 Å². The van der Waals surface area contributed by atoms with E-state index in [1.807, 2.05) is 35.0 Å². The monoisotopic (exact) mass is 375 g/mol. The first-order valence-corrected chi connectivity index (χ1v) is 9.84. The van der Waals surface area contributed by atoms with Gasteiger partial charge >= 0.3 is 5.97 Å². The molecule has 0 radical (unpaired) electrons. The number of aliphatic carboxylic acids is 1. The minimum Gasteiger partial charge on any atom is -0.480 e. The van der Waals surface area contributed by atoms with Gasteiger partial charge in [-0.2, -0.15) is 0 Å². The topological polar surface area (TPSA) is 64.1 Å². The van der Waals surface area contributed by atoms with Gasteiger partial charge in [0.15, 0.2) is 0 Å². The summed E-state index contributed by atoms with van der Waals surface area (Å²) in [5, 5.41) is 8.99. The van der Waals surface area contributed by atoms with Crippen LogP contribution in [-0.2, 0) is 16.1 Å². The van der Waals surface area contributed by atoms with Crippen molar-refractivity contribution in [3.8, 4) is 0 Å². The first-order chi connectivity index (χ1) is 12.9. The summed E-state index contributed by atoms with van der Waals surface area (Å²) < 4.78 is 0. The van der Waals surface area contributed by atoms with E-state index >= 15 is 0 Å². The van der Waals surface area contributed by atoms with Gasteiger partial charge < -0.3 is 10.0 Å². The molecule has 1 heterocycles. The summed E-state index contributed by atoms with van der Waals surface area (Å²) in [6.45, 7) is 6.97. The fourth-order valence-electron chi connectivity index (χ4n) is 3.70. The molecule has 0 spiro atoms. The maximum absolute atomic E-state index is 12.9. The van der Waals surface area contributed by atoms with Crippen molar-refractivity contribution in [2.45, 2.75) is 51.7 Å². The number of carbonyl (C=O) groups is 2. The number of amides is 1. The highest BCUT2D eigenvalue weighted by Gasteiger charge is 2.25. The predicted octanol–water partition coefficient (Wildman–Crippen LogP) is 2.29. The third-order valence-electron chi connectivity index (χ3n) is 5.30. The smallest absolute Gasteiger partial charge is 0.317 e. The molecule has 0 bridgehead atoms. The normalized spacial score (nSPS) is 18.5. The minimum atomic E-state index is -0.790. The summed E-state index contributed by atoms with van der Waals surface area (Å²) >= 11 is 0. The molecule has 1 aromatic rings. The summed E-state index contributed by atoms with van der Waals surface area (Å²) in [6, 6.07) is 10.5. The van der Waals surface area contributed by atoms with Crippen molar-refractivity contribution in [1.29, 1.82) is 0 Å². The van der Waals surface area contributed by atoms with E-state index in [4.69, 9.17) is 5.11 Å². The van der Waals surface area contributed by atoms with Gasteiger partial charge in [0.1, 0.15) is 0 Å². The molecule has 1 amide bonds. The van der Waals surface area contributed by atoms with Crippen LogP contribution in [0.2, 0.25) is 0 Å². The zero-order valence-corrected chi connectivity index (χ0v) is 16.8. The van der Waals surface area contributed by atoms with E-state index in [1.165, 1.54) is 0 Å². The van der Waals surface area contributed by atoms with Crippen LogP contribution in [0.25, 0.3) is 0 Å². The molecule has 0 saturated carbocycles. The Morgan fingerprint density at radius 1 is 1.19 bits per heavy atom. The van der Waals surface area contributed by atoms with Crippen molar-refractivity contribution in [1.82, 2.24) is 14.7 Å². The van der Waals surface area contributed by atoms with Crippen LogP contribution in [0, 0.1) is 0 Å². The number of carboxylic acids is 1. The highest BCUT2D eigenvalue weighted by atomic mass is 16.4. The number of carboxylic acid groups (broad SMARTS) is 1. The Morgan fingerprint density at radius 2 is 1.89 bits per heavy atom. The number of hydrogen-bond donors (Lipinski definition) is 1. The van der Waals surface area contributed by atoms with Crippen LogP contribution in [0.15, 0.2) is 30.3 Å². The number of benzene rings is 1. The molecule has 2 rings (SSSR count). The molecule has 6 heteroatoms. The fraction of sp³-hybridized carbons (Fsp3) is 0.619. The largest absolute Gasteiger partial charge is 0.480 e. The Kier molecular flexibility index (Phi) is 8.25. The van der Waals surface area contributed by atoms with Crippen molar-refractivity contribution < 1.29 is 14.7 Å². The molecule has 1 atom stereocenters. The van der Waals surface area contributed by atoms with Crippen LogP contribution in [0.3, 0.4) is 0 Å². The Bertz CT molecular complexity index is 606. The average molecular weight is 376 g/mol. The SMILES string of the molecule is CC(C)N(Cc1ccccc1)C(=O)CN1CCCC(N(C)CC(=O)O)CC1. The van der Waals surface area contributed by atoms with Crippen LogP contribution in [0.5, 0.6) is 0 Å². The first-order valence-electron chi connectivity index (χ1n) is 9.84. The maximum Gasteiger partial charge on any atom is 0.317 e. The van der Waals surface area contributed by atoms with Gasteiger partial charge in [0, 0.05) is 25.2 Å². The maximum atomic E-state index is 12.9. The predicted molar refractivity (Wildman–Crippen MR) is 106 cm³/mol. The fourth-order valence-corrected chi connectivity index (χ4v) is 3.70. The van der Waals surface area contributed by atoms with Crippen molar-refractivity contribution in [2.24, 2.45) is 0 Å². The molecule has 1 aliphatic rings. The highest BCUT2D eigenvalue weighted by molar-refractivity contribution is 5.78. The molecular weight excluding hydrogens is 342 g/mol. The third kappa shape index (κ3) is 6.96. The Morgan fingerprint density at radius 3 is 2.52 bits per heavy atom. The quantitative estimate of drug-likeness (QED) is 0.755. The van der Waals surface area contributed by atoms with Crippen LogP contribution in [0.1, 0.15) is 38.7 Å². The summed E-state index contributed by atoms with van der Waals surface area (Å²) in [4.78, 5) is 29.9. The van der Waals surface area contributed by atoms with Gasteiger partial charge in [0.2, 0.25) is 5.91 Å². The molecule has 1 aliphatic heterocycles. The van der Waals surface area contributed by atoms with Crippen LogP contribution in [-0.4, -0.2) is 77.0 Å². The lowest BCUT2D eigenvalue weighted by Crippen LogP contribution is -2.44. The molecule has 1 saturated heterocycles. The number of likely N-dealkylation sites (N-methyl/N-ethyl adjacent to an activating group) is 1. The van der Waals surface area contributed by atoms with E-state index in [9.17, 15) is 9.59 Å². The van der Waals surface area contributed by atoms with Gasteiger partial charge in [-0.3, -0.25) is 19.4 Å². The van der Waals surface area contributed by atoms with Gasteiger partial charge in [0.05, 0.1) is 13.1 Å². The summed E-state index contributed by atoms with van der Waals surface area (Å²) in [6.07, 6.45) is 2.87. The molecule has 1 fully saturated rings. The van der Waals surface area contributed by atoms with Gasteiger partial charge in [0.25, 0.3) is 0 Å². The number of hydrogen-bond acceptors (Lipinski definition) is 4. The number of nitrogens with zero attached hydrogens (tertiary/aromatic N) is 3. The lowest BCUT2D eigenvalue weighted by Gasteiger charge is -2.30. The van der Waals surface area contributed by atoms with Crippen LogP contribution < -0.4 is 0 Å². The second-order valence-corrected chi connectivity index (χ2v) is 7.77. The average Bonchev–Trinajstić information content (AvgIpc) is 2.85. The molecule has 6 nitrogen and oxygen atoms in total. The van der Waals surface area contributed by atoms with Crippen molar-refractivity contribution in [3.05, 3.63) is 35.9 Å². The lowest BCUT2D eigenvalue weighted by molar-refractivity contribution is -0.138. The number of likely N-dealkylation sites (tertiary alicyclic amines) is 1. The van der Waals surface area contributed by atoms with E-state index in [-0.39, 0.29) is 24.5 Å². The zero-order valence-electron chi connectivity index (χ0n) is 16.8. The van der Waals surface area contributed by atoms with Crippen LogP contribution >= 0.6 is 0 Å². The minimum absolute atomic E-state index is 0.0712. The zero-order chi connectivity index (χ0) is 19.8. The molecule has 1 unspecified atom stereocenters. The molecule has 150 valence electrons. The van der Waals surface area contributed by atoms with Gasteiger partial charge in [-0.1, -0.05) is 30.3 Å². The number of rotatable bonds is 8. The van der Waals surface area contributed by atoms with Crippen molar-refractivity contribution >= 4 is 11.9 Å². The van der Waals surface area contributed by atoms with Gasteiger partial charge in [-0.05, 0) is 52.3 Å². The molecule has 1 N–H and O–H groups in total. The third-order valence-corrected chi connectivity index (χ3v) is 5.30. The molecule has 1 aromatic carbocycles. The van der Waals surface area contributed by atoms with Crippen molar-refractivity contribution in [3.63, 3.8) is 0 Å². The van der Waals surface area contributed by atoms with E-state index in [2.05, 4.69) is 30.9 Å². The Labute approximate surface area is 162 Å². The Balaban J connectivity index is 1.90. The van der Waals surface area contributed by atoms with E-state index in [1.54, 1.807) is 0 Å². The first kappa shape index (κ1) is 21.4. The standard InChI is InChI=1S/C21H33N3O3/c1-17(2)24(14-18-8-5-4-6-9-18)20(25)15-23-12-7-10-19(11-13-23)22(3)16-21(26)27/h4-6,8-9,17,19H,7,10-16H2,1-3H3,(H,26,27). The molecular formula is C21H33N3O3. The Hall–Kier alpha value is -1.92. The summed E-state index contributed by atoms with van der Waals surface area (Å²) in [5.74, 6) is -0.631. The highest BCUT2D eigenvalue weighted by Crippen LogP contribution is 2.16. The number of carbonyl (C=O) groups excluding carboxylic acids is 1. The van der Waals surface area contributed by atoms with E-state index in [0.29, 0.717) is 13.1 Å². The lowest BCUT2D eigenvalue weighted by atomic mass is 10.1.